The highest BCUT2D eigenvalue weighted by Crippen LogP contribution is 2.35. The topological polar surface area (TPSA) is 39.6 Å². The van der Waals surface area contributed by atoms with Crippen LogP contribution in [0.2, 0.25) is 0 Å². The molecule has 148 valence electrons. The van der Waals surface area contributed by atoms with E-state index in [9.17, 15) is 18.3 Å². The van der Waals surface area contributed by atoms with Crippen molar-refractivity contribution in [3.05, 3.63) is 59.2 Å². The molecule has 0 saturated carbocycles. The maximum Gasteiger partial charge on any atom is 0.416 e. The molecule has 0 spiro atoms. The predicted octanol–water partition coefficient (Wildman–Crippen LogP) is 4.13. The third-order valence-electron chi connectivity index (χ3n) is 4.93. The van der Waals surface area contributed by atoms with Crippen molar-refractivity contribution < 1.29 is 18.3 Å². The lowest BCUT2D eigenvalue weighted by Crippen LogP contribution is -2.45. The normalized spacial score (nSPS) is 16.1. The summed E-state index contributed by atoms with van der Waals surface area (Å²) in [5, 5.41) is 10.0. The second-order valence-electron chi connectivity index (χ2n) is 6.92. The van der Waals surface area contributed by atoms with E-state index in [0.29, 0.717) is 10.2 Å². The van der Waals surface area contributed by atoms with E-state index in [1.165, 1.54) is 29.0 Å². The number of aliphatic hydroxyl groups excluding tert-OH is 1. The minimum absolute atomic E-state index is 0.0370. The fourth-order valence-electron chi connectivity index (χ4n) is 3.41. The van der Waals surface area contributed by atoms with Gasteiger partial charge in [0, 0.05) is 32.7 Å². The standard InChI is InChI=1S/C20H20F3N3OS/c21-20(22,23)16-4-5-17-18(11-16)28-19(24-17)26-8-6-25(7-9-26)12-14-2-1-3-15(10-14)13-27/h1-5,10-11,27H,6-9,12-13H2. The molecule has 1 saturated heterocycles. The molecule has 0 amide bonds. The van der Waals surface area contributed by atoms with Crippen molar-refractivity contribution >= 4 is 26.7 Å². The Morgan fingerprint density at radius 3 is 2.46 bits per heavy atom. The van der Waals surface area contributed by atoms with Gasteiger partial charge in [-0.3, -0.25) is 4.90 Å². The maximum atomic E-state index is 12.9. The summed E-state index contributed by atoms with van der Waals surface area (Å²) >= 11 is 1.31. The number of alkyl halides is 3. The Labute approximate surface area is 164 Å². The van der Waals surface area contributed by atoms with Gasteiger partial charge >= 0.3 is 6.18 Å². The van der Waals surface area contributed by atoms with Crippen molar-refractivity contribution in [2.45, 2.75) is 19.3 Å². The summed E-state index contributed by atoms with van der Waals surface area (Å²) < 4.78 is 39.3. The van der Waals surface area contributed by atoms with Crippen LogP contribution in [0.4, 0.5) is 18.3 Å². The molecular weight excluding hydrogens is 387 g/mol. The molecule has 8 heteroatoms. The summed E-state index contributed by atoms with van der Waals surface area (Å²) in [4.78, 5) is 8.99. The van der Waals surface area contributed by atoms with E-state index in [0.717, 1.165) is 49.5 Å². The van der Waals surface area contributed by atoms with Crippen LogP contribution < -0.4 is 4.90 Å². The fraction of sp³-hybridized carbons (Fsp3) is 0.350. The third kappa shape index (κ3) is 4.14. The zero-order valence-corrected chi connectivity index (χ0v) is 15.9. The molecule has 1 fully saturated rings. The van der Waals surface area contributed by atoms with Gasteiger partial charge in [0.25, 0.3) is 0 Å². The van der Waals surface area contributed by atoms with Gasteiger partial charge in [0.15, 0.2) is 5.13 Å². The molecule has 1 N–H and O–H groups in total. The van der Waals surface area contributed by atoms with E-state index in [-0.39, 0.29) is 6.61 Å². The SMILES string of the molecule is OCc1cccc(CN2CCN(c3nc4ccc(C(F)(F)F)cc4s3)CC2)c1. The monoisotopic (exact) mass is 407 g/mol. The smallest absolute Gasteiger partial charge is 0.392 e. The minimum atomic E-state index is -4.34. The van der Waals surface area contributed by atoms with Gasteiger partial charge in [-0.2, -0.15) is 13.2 Å². The van der Waals surface area contributed by atoms with Crippen molar-refractivity contribution in [2.75, 3.05) is 31.1 Å². The lowest BCUT2D eigenvalue weighted by molar-refractivity contribution is -0.137. The van der Waals surface area contributed by atoms with Crippen molar-refractivity contribution in [1.29, 1.82) is 0 Å². The van der Waals surface area contributed by atoms with E-state index >= 15 is 0 Å². The van der Waals surface area contributed by atoms with Crippen LogP contribution in [-0.4, -0.2) is 41.2 Å². The van der Waals surface area contributed by atoms with E-state index in [1.54, 1.807) is 0 Å². The van der Waals surface area contributed by atoms with Crippen molar-refractivity contribution in [2.24, 2.45) is 0 Å². The largest absolute Gasteiger partial charge is 0.416 e. The zero-order valence-electron chi connectivity index (χ0n) is 15.1. The molecule has 2 aromatic carbocycles. The Bertz CT molecular complexity index is 965. The molecule has 1 aliphatic rings. The number of hydrogen-bond donors (Lipinski definition) is 1. The number of rotatable bonds is 4. The van der Waals surface area contributed by atoms with Gasteiger partial charge < -0.3 is 10.0 Å². The summed E-state index contributed by atoms with van der Waals surface area (Å²) in [6.45, 7) is 4.13. The molecule has 1 aliphatic heterocycles. The molecule has 28 heavy (non-hydrogen) atoms. The highest BCUT2D eigenvalue weighted by atomic mass is 32.1. The summed E-state index contributed by atoms with van der Waals surface area (Å²) in [6, 6.07) is 11.6. The molecule has 3 aromatic rings. The average Bonchev–Trinajstić information content (AvgIpc) is 3.11. The molecule has 4 nitrogen and oxygen atoms in total. The highest BCUT2D eigenvalue weighted by molar-refractivity contribution is 7.22. The number of halogens is 3. The summed E-state index contributed by atoms with van der Waals surface area (Å²) in [7, 11) is 0. The lowest BCUT2D eigenvalue weighted by atomic mass is 10.1. The molecular formula is C20H20F3N3OS. The fourth-order valence-corrected chi connectivity index (χ4v) is 4.46. The summed E-state index contributed by atoms with van der Waals surface area (Å²) in [5.74, 6) is 0. The third-order valence-corrected chi connectivity index (χ3v) is 6.01. The van der Waals surface area contributed by atoms with Crippen LogP contribution in [-0.2, 0) is 19.3 Å². The second kappa shape index (κ2) is 7.69. The molecule has 0 atom stereocenters. The Balaban J connectivity index is 1.42. The van der Waals surface area contributed by atoms with E-state index in [2.05, 4.69) is 20.9 Å². The van der Waals surface area contributed by atoms with Crippen molar-refractivity contribution in [1.82, 2.24) is 9.88 Å². The molecule has 0 aliphatic carbocycles. The molecule has 4 rings (SSSR count). The first-order valence-corrected chi connectivity index (χ1v) is 9.88. The van der Waals surface area contributed by atoms with Crippen molar-refractivity contribution in [3.63, 3.8) is 0 Å². The number of thiazole rings is 1. The number of aromatic nitrogens is 1. The molecule has 0 bridgehead atoms. The minimum Gasteiger partial charge on any atom is -0.392 e. The van der Waals surface area contributed by atoms with E-state index in [4.69, 9.17) is 0 Å². The highest BCUT2D eigenvalue weighted by Gasteiger charge is 2.31. The van der Waals surface area contributed by atoms with E-state index in [1.807, 2.05) is 18.2 Å². The van der Waals surface area contributed by atoms with Gasteiger partial charge in [-0.1, -0.05) is 35.6 Å². The van der Waals surface area contributed by atoms with Gasteiger partial charge in [-0.15, -0.1) is 0 Å². The number of fused-ring (bicyclic) bond motifs is 1. The Hall–Kier alpha value is -2.16. The number of anilines is 1. The van der Waals surface area contributed by atoms with Crippen LogP contribution in [0.3, 0.4) is 0 Å². The Morgan fingerprint density at radius 1 is 1.00 bits per heavy atom. The first kappa shape index (κ1) is 19.2. The van der Waals surface area contributed by atoms with Crippen LogP contribution in [0.1, 0.15) is 16.7 Å². The Kier molecular flexibility index (Phi) is 5.27. The van der Waals surface area contributed by atoms with Crippen molar-refractivity contribution in [3.8, 4) is 0 Å². The molecule has 2 heterocycles. The zero-order chi connectivity index (χ0) is 19.7. The molecule has 0 unspecified atom stereocenters. The maximum absolute atomic E-state index is 12.9. The van der Waals surface area contributed by atoms with E-state index < -0.39 is 11.7 Å². The first-order chi connectivity index (χ1) is 13.4. The van der Waals surface area contributed by atoms with Crippen LogP contribution in [0, 0.1) is 0 Å². The number of piperazine rings is 1. The van der Waals surface area contributed by atoms with Gasteiger partial charge in [-0.25, -0.2) is 4.98 Å². The average molecular weight is 407 g/mol. The second-order valence-corrected chi connectivity index (χ2v) is 7.93. The van der Waals surface area contributed by atoms with Crippen LogP contribution >= 0.6 is 11.3 Å². The Morgan fingerprint density at radius 2 is 1.75 bits per heavy atom. The lowest BCUT2D eigenvalue weighted by Gasteiger charge is -2.34. The van der Waals surface area contributed by atoms with Gasteiger partial charge in [0.05, 0.1) is 22.4 Å². The number of nitrogens with zero attached hydrogens (tertiary/aromatic N) is 3. The number of benzene rings is 2. The molecule has 0 radical (unpaired) electrons. The first-order valence-electron chi connectivity index (χ1n) is 9.06. The van der Waals surface area contributed by atoms with Gasteiger partial charge in [-0.05, 0) is 29.3 Å². The van der Waals surface area contributed by atoms with Crippen LogP contribution in [0.5, 0.6) is 0 Å². The van der Waals surface area contributed by atoms with Gasteiger partial charge in [0.1, 0.15) is 0 Å². The predicted molar refractivity (Wildman–Crippen MR) is 104 cm³/mol. The number of hydrogen-bond acceptors (Lipinski definition) is 5. The summed E-state index contributed by atoms with van der Waals surface area (Å²) in [5.41, 5.74) is 2.05. The van der Waals surface area contributed by atoms with Gasteiger partial charge in [0.2, 0.25) is 0 Å². The van der Waals surface area contributed by atoms with Crippen LogP contribution in [0.25, 0.3) is 10.2 Å². The molecule has 1 aromatic heterocycles. The van der Waals surface area contributed by atoms with Crippen LogP contribution in [0.15, 0.2) is 42.5 Å². The quantitative estimate of drug-likeness (QED) is 0.706. The summed E-state index contributed by atoms with van der Waals surface area (Å²) in [6.07, 6.45) is -4.34. The number of aliphatic hydroxyl groups is 1.